The monoisotopic (exact) mass is 338 g/mol. The molecule has 0 aliphatic heterocycles. The summed E-state index contributed by atoms with van der Waals surface area (Å²) in [6.45, 7) is 2.10. The molecule has 1 atom stereocenters. The van der Waals surface area contributed by atoms with Crippen LogP contribution >= 0.6 is 0 Å². The third kappa shape index (κ3) is 4.00. The van der Waals surface area contributed by atoms with E-state index in [0.29, 0.717) is 35.1 Å². The number of rotatable bonds is 5. The molecular weight excluding hydrogens is 319 g/mol. The zero-order chi connectivity index (χ0) is 17.8. The number of halogens is 1. The molecule has 0 radical (unpaired) electrons. The molecule has 0 aliphatic rings. The molecule has 25 heavy (non-hydrogen) atoms. The van der Waals surface area contributed by atoms with Crippen molar-refractivity contribution in [2.45, 2.75) is 19.4 Å². The summed E-state index contributed by atoms with van der Waals surface area (Å²) >= 11 is 0. The van der Waals surface area contributed by atoms with Crippen molar-refractivity contribution in [3.63, 3.8) is 0 Å². The van der Waals surface area contributed by atoms with Crippen molar-refractivity contribution in [3.8, 4) is 0 Å². The number of fused-ring (bicyclic) bond motifs is 1. The summed E-state index contributed by atoms with van der Waals surface area (Å²) in [5, 5.41) is 13.6. The molecule has 5 heteroatoms. The first-order valence-corrected chi connectivity index (χ1v) is 8.13. The molecule has 1 unspecified atom stereocenters. The number of aromatic nitrogens is 1. The molecule has 128 valence electrons. The summed E-state index contributed by atoms with van der Waals surface area (Å²) < 4.78 is 13.4. The second-order valence-corrected chi connectivity index (χ2v) is 5.94. The Hall–Kier alpha value is -2.79. The SMILES string of the molecule is Cc1cc(C(=O)NCCC(O)c2ccccc2)c2ccc(F)cc2n1. The van der Waals surface area contributed by atoms with Crippen LogP contribution in [0.15, 0.2) is 54.6 Å². The van der Waals surface area contributed by atoms with E-state index in [4.69, 9.17) is 0 Å². The summed E-state index contributed by atoms with van der Waals surface area (Å²) in [5.74, 6) is -0.648. The highest BCUT2D eigenvalue weighted by molar-refractivity contribution is 6.06. The molecule has 0 bridgehead atoms. The number of nitrogens with one attached hydrogen (secondary N) is 1. The Morgan fingerprint density at radius 1 is 1.20 bits per heavy atom. The molecule has 0 aliphatic carbocycles. The number of amides is 1. The van der Waals surface area contributed by atoms with E-state index in [1.807, 2.05) is 30.3 Å². The lowest BCUT2D eigenvalue weighted by Gasteiger charge is -2.12. The number of aliphatic hydroxyl groups excluding tert-OH is 1. The van der Waals surface area contributed by atoms with Crippen molar-refractivity contribution in [1.82, 2.24) is 10.3 Å². The topological polar surface area (TPSA) is 62.2 Å². The number of pyridine rings is 1. The fraction of sp³-hybridized carbons (Fsp3) is 0.200. The lowest BCUT2D eigenvalue weighted by Crippen LogP contribution is -2.26. The number of aryl methyl sites for hydroxylation is 1. The summed E-state index contributed by atoms with van der Waals surface area (Å²) in [6.07, 6.45) is -0.224. The molecular formula is C20H19FN2O2. The third-order valence-corrected chi connectivity index (χ3v) is 4.03. The lowest BCUT2D eigenvalue weighted by atomic mass is 10.1. The minimum Gasteiger partial charge on any atom is -0.388 e. The Bertz CT molecular complexity index is 892. The average molecular weight is 338 g/mol. The summed E-state index contributed by atoms with van der Waals surface area (Å²) in [4.78, 5) is 16.8. The van der Waals surface area contributed by atoms with E-state index in [-0.39, 0.29) is 11.7 Å². The Labute approximate surface area is 145 Å². The number of carbonyl (C=O) groups excluding carboxylic acids is 1. The van der Waals surface area contributed by atoms with Gasteiger partial charge in [-0.3, -0.25) is 9.78 Å². The smallest absolute Gasteiger partial charge is 0.252 e. The number of aliphatic hydroxyl groups is 1. The summed E-state index contributed by atoms with van der Waals surface area (Å²) in [7, 11) is 0. The van der Waals surface area contributed by atoms with E-state index in [0.717, 1.165) is 5.56 Å². The first-order valence-electron chi connectivity index (χ1n) is 8.13. The number of benzene rings is 2. The fourth-order valence-electron chi connectivity index (χ4n) is 2.78. The minimum atomic E-state index is -0.633. The van der Waals surface area contributed by atoms with Crippen molar-refractivity contribution < 1.29 is 14.3 Å². The van der Waals surface area contributed by atoms with Crippen LogP contribution in [-0.4, -0.2) is 22.5 Å². The van der Waals surface area contributed by atoms with Crippen LogP contribution in [0.4, 0.5) is 4.39 Å². The molecule has 0 spiro atoms. The zero-order valence-corrected chi connectivity index (χ0v) is 13.9. The number of carbonyl (C=O) groups is 1. The standard InChI is InChI=1S/C20H19FN2O2/c1-13-11-17(16-8-7-15(21)12-18(16)23-13)20(25)22-10-9-19(24)14-5-3-2-4-6-14/h2-8,11-12,19,24H,9-10H2,1H3,(H,22,25). The fourth-order valence-corrected chi connectivity index (χ4v) is 2.78. The highest BCUT2D eigenvalue weighted by Gasteiger charge is 2.13. The lowest BCUT2D eigenvalue weighted by molar-refractivity contribution is 0.0944. The van der Waals surface area contributed by atoms with Gasteiger partial charge in [0.1, 0.15) is 5.82 Å². The predicted octanol–water partition coefficient (Wildman–Crippen LogP) is 3.54. The Morgan fingerprint density at radius 3 is 2.72 bits per heavy atom. The van der Waals surface area contributed by atoms with Crippen molar-refractivity contribution in [2.75, 3.05) is 6.54 Å². The van der Waals surface area contributed by atoms with Gasteiger partial charge in [-0.05, 0) is 37.1 Å². The van der Waals surface area contributed by atoms with Gasteiger partial charge in [0.15, 0.2) is 0 Å². The molecule has 0 saturated carbocycles. The van der Waals surface area contributed by atoms with Crippen LogP contribution in [0.2, 0.25) is 0 Å². The highest BCUT2D eigenvalue weighted by Crippen LogP contribution is 2.20. The number of nitrogens with zero attached hydrogens (tertiary/aromatic N) is 1. The molecule has 1 aromatic heterocycles. The second-order valence-electron chi connectivity index (χ2n) is 5.94. The molecule has 0 fully saturated rings. The van der Waals surface area contributed by atoms with Gasteiger partial charge in [0, 0.05) is 23.7 Å². The van der Waals surface area contributed by atoms with Crippen LogP contribution in [0.25, 0.3) is 10.9 Å². The van der Waals surface area contributed by atoms with Crippen molar-refractivity contribution in [1.29, 1.82) is 0 Å². The molecule has 2 N–H and O–H groups in total. The number of hydrogen-bond donors (Lipinski definition) is 2. The third-order valence-electron chi connectivity index (χ3n) is 4.03. The summed E-state index contributed by atoms with van der Waals surface area (Å²) in [5.41, 5.74) is 2.37. The van der Waals surface area contributed by atoms with Crippen LogP contribution in [0.5, 0.6) is 0 Å². The maximum atomic E-state index is 13.4. The normalized spacial score (nSPS) is 12.1. The van der Waals surface area contributed by atoms with Crippen LogP contribution in [0.3, 0.4) is 0 Å². The minimum absolute atomic E-state index is 0.262. The predicted molar refractivity (Wildman–Crippen MR) is 94.8 cm³/mol. The molecule has 4 nitrogen and oxygen atoms in total. The largest absolute Gasteiger partial charge is 0.388 e. The molecule has 0 saturated heterocycles. The van der Waals surface area contributed by atoms with E-state index >= 15 is 0 Å². The van der Waals surface area contributed by atoms with Crippen LogP contribution in [0.1, 0.15) is 34.1 Å². The zero-order valence-electron chi connectivity index (χ0n) is 13.9. The van der Waals surface area contributed by atoms with Gasteiger partial charge in [0.05, 0.1) is 17.2 Å². The maximum absolute atomic E-state index is 13.4. The van der Waals surface area contributed by atoms with E-state index in [1.54, 1.807) is 19.1 Å². The van der Waals surface area contributed by atoms with E-state index in [2.05, 4.69) is 10.3 Å². The average Bonchev–Trinajstić information content (AvgIpc) is 2.61. The van der Waals surface area contributed by atoms with Gasteiger partial charge < -0.3 is 10.4 Å². The van der Waals surface area contributed by atoms with Gasteiger partial charge in [-0.25, -0.2) is 4.39 Å². The Balaban J connectivity index is 1.70. The van der Waals surface area contributed by atoms with Crippen LogP contribution in [-0.2, 0) is 0 Å². The maximum Gasteiger partial charge on any atom is 0.252 e. The van der Waals surface area contributed by atoms with E-state index in [1.165, 1.54) is 12.1 Å². The van der Waals surface area contributed by atoms with E-state index in [9.17, 15) is 14.3 Å². The molecule has 3 aromatic rings. The van der Waals surface area contributed by atoms with Crippen LogP contribution in [0, 0.1) is 12.7 Å². The highest BCUT2D eigenvalue weighted by atomic mass is 19.1. The van der Waals surface area contributed by atoms with Crippen molar-refractivity contribution in [3.05, 3.63) is 77.2 Å². The molecule has 2 aromatic carbocycles. The van der Waals surface area contributed by atoms with Gasteiger partial charge in [0.2, 0.25) is 0 Å². The van der Waals surface area contributed by atoms with Crippen LogP contribution < -0.4 is 5.32 Å². The second kappa shape index (κ2) is 7.40. The molecule has 3 rings (SSSR count). The molecule has 1 amide bonds. The van der Waals surface area contributed by atoms with Gasteiger partial charge in [-0.2, -0.15) is 0 Å². The van der Waals surface area contributed by atoms with Gasteiger partial charge >= 0.3 is 0 Å². The Morgan fingerprint density at radius 2 is 1.96 bits per heavy atom. The van der Waals surface area contributed by atoms with Crippen molar-refractivity contribution >= 4 is 16.8 Å². The Kier molecular flexibility index (Phi) is 5.05. The summed E-state index contributed by atoms with van der Waals surface area (Å²) in [6, 6.07) is 15.2. The first-order chi connectivity index (χ1) is 12.0. The first kappa shape index (κ1) is 17.0. The van der Waals surface area contributed by atoms with Crippen molar-refractivity contribution in [2.24, 2.45) is 0 Å². The molecule has 1 heterocycles. The quantitative estimate of drug-likeness (QED) is 0.748. The van der Waals surface area contributed by atoms with Gasteiger partial charge in [-0.1, -0.05) is 30.3 Å². The van der Waals surface area contributed by atoms with Gasteiger partial charge in [-0.15, -0.1) is 0 Å². The van der Waals surface area contributed by atoms with Gasteiger partial charge in [0.25, 0.3) is 5.91 Å². The van der Waals surface area contributed by atoms with E-state index < -0.39 is 6.10 Å². The number of hydrogen-bond acceptors (Lipinski definition) is 3.